The fourth-order valence-corrected chi connectivity index (χ4v) is 3.31. The molecule has 4 heteroatoms. The summed E-state index contributed by atoms with van der Waals surface area (Å²) in [6.07, 6.45) is 5.45. The molecular formula is C14H26N2O2. The van der Waals surface area contributed by atoms with Gasteiger partial charge in [-0.25, -0.2) is 0 Å². The predicted molar refractivity (Wildman–Crippen MR) is 71.2 cm³/mol. The van der Waals surface area contributed by atoms with E-state index in [1.807, 2.05) is 11.9 Å². The van der Waals surface area contributed by atoms with E-state index < -0.39 is 0 Å². The Morgan fingerprint density at radius 3 is 2.50 bits per heavy atom. The summed E-state index contributed by atoms with van der Waals surface area (Å²) in [6.45, 7) is 3.91. The van der Waals surface area contributed by atoms with Crippen LogP contribution in [0.4, 0.5) is 0 Å². The number of nitrogens with zero attached hydrogens (tertiary/aromatic N) is 1. The van der Waals surface area contributed by atoms with Gasteiger partial charge in [0, 0.05) is 12.5 Å². The lowest BCUT2D eigenvalue weighted by molar-refractivity contribution is -0.147. The molecule has 0 bridgehead atoms. The molecule has 2 fully saturated rings. The van der Waals surface area contributed by atoms with Gasteiger partial charge in [-0.1, -0.05) is 19.8 Å². The maximum atomic E-state index is 12.7. The third-order valence-corrected chi connectivity index (χ3v) is 4.74. The monoisotopic (exact) mass is 254 g/mol. The van der Waals surface area contributed by atoms with Gasteiger partial charge in [-0.05, 0) is 38.8 Å². The summed E-state index contributed by atoms with van der Waals surface area (Å²) in [7, 11) is 1.87. The Balaban J connectivity index is 2.02. The first kappa shape index (κ1) is 13.8. The van der Waals surface area contributed by atoms with Crippen molar-refractivity contribution in [3.63, 3.8) is 0 Å². The van der Waals surface area contributed by atoms with Crippen molar-refractivity contribution < 1.29 is 9.90 Å². The molecule has 2 unspecified atom stereocenters. The lowest BCUT2D eigenvalue weighted by Gasteiger charge is -2.41. The number of amides is 1. The molecule has 18 heavy (non-hydrogen) atoms. The first-order chi connectivity index (χ1) is 8.54. The summed E-state index contributed by atoms with van der Waals surface area (Å²) < 4.78 is 0. The average molecular weight is 254 g/mol. The number of rotatable bonds is 2. The van der Waals surface area contributed by atoms with Gasteiger partial charge >= 0.3 is 0 Å². The highest BCUT2D eigenvalue weighted by Crippen LogP contribution is 2.32. The van der Waals surface area contributed by atoms with E-state index >= 15 is 0 Å². The molecule has 2 atom stereocenters. The Kier molecular flexibility index (Phi) is 4.28. The zero-order valence-electron chi connectivity index (χ0n) is 11.6. The highest BCUT2D eigenvalue weighted by atomic mass is 16.3. The van der Waals surface area contributed by atoms with E-state index in [0.717, 1.165) is 51.6 Å². The number of likely N-dealkylation sites (N-methyl/N-ethyl adjacent to an activating group) is 1. The SMILES string of the molecule is CN(C(=O)C1(C)CCNCC1)C1CCCCC1O. The van der Waals surface area contributed by atoms with Gasteiger partial charge in [0.05, 0.1) is 12.1 Å². The van der Waals surface area contributed by atoms with Crippen LogP contribution in [0.3, 0.4) is 0 Å². The summed E-state index contributed by atoms with van der Waals surface area (Å²) in [6, 6.07) is 0.0259. The highest BCUT2D eigenvalue weighted by molar-refractivity contribution is 5.82. The van der Waals surface area contributed by atoms with Crippen molar-refractivity contribution in [3.8, 4) is 0 Å². The number of aliphatic hydroxyl groups is 1. The highest BCUT2D eigenvalue weighted by Gasteiger charge is 2.40. The third-order valence-electron chi connectivity index (χ3n) is 4.74. The van der Waals surface area contributed by atoms with Crippen molar-refractivity contribution in [2.24, 2.45) is 5.41 Å². The Morgan fingerprint density at radius 1 is 1.28 bits per heavy atom. The number of hydrogen-bond acceptors (Lipinski definition) is 3. The fraction of sp³-hybridized carbons (Fsp3) is 0.929. The molecule has 0 radical (unpaired) electrons. The zero-order valence-corrected chi connectivity index (χ0v) is 11.6. The normalized spacial score (nSPS) is 31.9. The minimum atomic E-state index is -0.335. The van der Waals surface area contributed by atoms with Crippen molar-refractivity contribution in [3.05, 3.63) is 0 Å². The summed E-state index contributed by atoms with van der Waals surface area (Å²) in [5.41, 5.74) is -0.239. The van der Waals surface area contributed by atoms with Crippen molar-refractivity contribution in [1.29, 1.82) is 0 Å². The van der Waals surface area contributed by atoms with Gasteiger partial charge in [0.25, 0.3) is 0 Å². The van der Waals surface area contributed by atoms with Crippen LogP contribution in [-0.2, 0) is 4.79 Å². The Labute approximate surface area is 110 Å². The smallest absolute Gasteiger partial charge is 0.228 e. The van der Waals surface area contributed by atoms with Gasteiger partial charge in [0.2, 0.25) is 5.91 Å². The van der Waals surface area contributed by atoms with Crippen LogP contribution < -0.4 is 5.32 Å². The number of nitrogens with one attached hydrogen (secondary N) is 1. The van der Waals surface area contributed by atoms with Crippen molar-refractivity contribution in [1.82, 2.24) is 10.2 Å². The van der Waals surface area contributed by atoms with E-state index in [-0.39, 0.29) is 23.5 Å². The lowest BCUT2D eigenvalue weighted by atomic mass is 9.78. The van der Waals surface area contributed by atoms with Crippen LogP contribution in [0.15, 0.2) is 0 Å². The second-order valence-electron chi connectivity index (χ2n) is 6.15. The maximum absolute atomic E-state index is 12.7. The van der Waals surface area contributed by atoms with Gasteiger partial charge in [0.1, 0.15) is 0 Å². The summed E-state index contributed by atoms with van der Waals surface area (Å²) in [4.78, 5) is 14.5. The van der Waals surface area contributed by atoms with E-state index in [9.17, 15) is 9.90 Å². The van der Waals surface area contributed by atoms with E-state index in [1.165, 1.54) is 0 Å². The van der Waals surface area contributed by atoms with Crippen LogP contribution in [0.5, 0.6) is 0 Å². The zero-order chi connectivity index (χ0) is 13.2. The van der Waals surface area contributed by atoms with Crippen LogP contribution in [0.1, 0.15) is 45.4 Å². The van der Waals surface area contributed by atoms with Crippen LogP contribution in [0.2, 0.25) is 0 Å². The molecule has 0 aromatic carbocycles. The number of hydrogen-bond donors (Lipinski definition) is 2. The topological polar surface area (TPSA) is 52.6 Å². The summed E-state index contributed by atoms with van der Waals surface area (Å²) in [5, 5.41) is 13.4. The minimum absolute atomic E-state index is 0.0259. The van der Waals surface area contributed by atoms with Crippen molar-refractivity contribution in [2.75, 3.05) is 20.1 Å². The van der Waals surface area contributed by atoms with Crippen LogP contribution >= 0.6 is 0 Å². The van der Waals surface area contributed by atoms with E-state index in [1.54, 1.807) is 0 Å². The number of carbonyl (C=O) groups is 1. The Morgan fingerprint density at radius 2 is 1.89 bits per heavy atom. The first-order valence-electron chi connectivity index (χ1n) is 7.21. The average Bonchev–Trinajstić information content (AvgIpc) is 2.38. The molecule has 0 aromatic rings. The second kappa shape index (κ2) is 5.57. The van der Waals surface area contributed by atoms with Gasteiger partial charge in [-0.15, -0.1) is 0 Å². The molecule has 0 spiro atoms. The van der Waals surface area contributed by atoms with Crippen LogP contribution in [0, 0.1) is 5.41 Å². The number of aliphatic hydroxyl groups excluding tert-OH is 1. The van der Waals surface area contributed by atoms with Gasteiger partial charge < -0.3 is 15.3 Å². The standard InChI is InChI=1S/C14H26N2O2/c1-14(7-9-15-10-8-14)13(18)16(2)11-5-3-4-6-12(11)17/h11-12,15,17H,3-10H2,1-2H3. The van der Waals surface area contributed by atoms with E-state index in [0.29, 0.717) is 0 Å². The molecule has 1 amide bonds. The molecule has 2 aliphatic rings. The van der Waals surface area contributed by atoms with E-state index in [4.69, 9.17) is 0 Å². The van der Waals surface area contributed by atoms with Crippen molar-refractivity contribution in [2.45, 2.75) is 57.6 Å². The maximum Gasteiger partial charge on any atom is 0.228 e. The molecule has 4 nitrogen and oxygen atoms in total. The minimum Gasteiger partial charge on any atom is -0.391 e. The third kappa shape index (κ3) is 2.69. The number of carbonyl (C=O) groups excluding carboxylic acids is 1. The fourth-order valence-electron chi connectivity index (χ4n) is 3.31. The summed E-state index contributed by atoms with van der Waals surface area (Å²) in [5.74, 6) is 0.218. The molecule has 1 heterocycles. The van der Waals surface area contributed by atoms with Gasteiger partial charge in [-0.2, -0.15) is 0 Å². The molecule has 2 N–H and O–H groups in total. The Bertz CT molecular complexity index is 300. The van der Waals surface area contributed by atoms with Gasteiger partial charge in [-0.3, -0.25) is 4.79 Å². The quantitative estimate of drug-likeness (QED) is 0.777. The number of piperidine rings is 1. The molecule has 2 rings (SSSR count). The molecule has 1 saturated heterocycles. The van der Waals surface area contributed by atoms with Crippen LogP contribution in [0.25, 0.3) is 0 Å². The molecule has 0 aromatic heterocycles. The lowest BCUT2D eigenvalue weighted by Crippen LogP contribution is -2.53. The largest absolute Gasteiger partial charge is 0.391 e. The second-order valence-corrected chi connectivity index (χ2v) is 6.15. The molecule has 1 aliphatic carbocycles. The first-order valence-corrected chi connectivity index (χ1v) is 7.21. The molecule has 1 saturated carbocycles. The van der Waals surface area contributed by atoms with E-state index in [2.05, 4.69) is 12.2 Å². The molecule has 104 valence electrons. The van der Waals surface area contributed by atoms with Crippen LogP contribution in [-0.4, -0.2) is 48.2 Å². The van der Waals surface area contributed by atoms with Gasteiger partial charge in [0.15, 0.2) is 0 Å². The van der Waals surface area contributed by atoms with Crippen molar-refractivity contribution >= 4 is 5.91 Å². The predicted octanol–water partition coefficient (Wildman–Crippen LogP) is 1.14. The molecular weight excluding hydrogens is 228 g/mol. The Hall–Kier alpha value is -0.610. The summed E-state index contributed by atoms with van der Waals surface area (Å²) >= 11 is 0. The molecule has 1 aliphatic heterocycles.